The van der Waals surface area contributed by atoms with Gasteiger partial charge >= 0.3 is 0 Å². The Morgan fingerprint density at radius 2 is 2.33 bits per heavy atom. The Labute approximate surface area is 92.8 Å². The largest absolute Gasteiger partial charge is 0.369 e. The van der Waals surface area contributed by atoms with E-state index >= 15 is 0 Å². The van der Waals surface area contributed by atoms with Crippen molar-refractivity contribution in [1.29, 1.82) is 5.26 Å². The number of hydrogen-bond acceptors (Lipinski definition) is 2. The number of nitriles is 1. The number of amides is 1. The predicted molar refractivity (Wildman–Crippen MR) is 59.0 cm³/mol. The highest BCUT2D eigenvalue weighted by atomic mass is 35.5. The van der Waals surface area contributed by atoms with Crippen molar-refractivity contribution in [1.82, 2.24) is 0 Å². The summed E-state index contributed by atoms with van der Waals surface area (Å²) in [6.07, 6.45) is 3.42. The Morgan fingerprint density at radius 3 is 2.93 bits per heavy atom. The molecule has 0 aliphatic rings. The van der Waals surface area contributed by atoms with Crippen LogP contribution in [-0.4, -0.2) is 5.91 Å². The van der Waals surface area contributed by atoms with E-state index in [0.29, 0.717) is 16.1 Å². The molecule has 0 bridgehead atoms. The average Bonchev–Trinajstić information content (AvgIpc) is 2.17. The van der Waals surface area contributed by atoms with E-state index in [1.807, 2.05) is 6.07 Å². The van der Waals surface area contributed by atoms with Crippen LogP contribution in [0.2, 0.25) is 5.02 Å². The number of rotatable bonds is 3. The number of benzene rings is 1. The number of carbonyl (C=O) groups excluding carboxylic acids is 1. The Balaban J connectivity index is 2.93. The molecule has 0 unspecified atom stereocenters. The molecule has 3 nitrogen and oxygen atoms in total. The summed E-state index contributed by atoms with van der Waals surface area (Å²) in [5.74, 6) is -0.410. The van der Waals surface area contributed by atoms with Gasteiger partial charge in [-0.1, -0.05) is 23.8 Å². The summed E-state index contributed by atoms with van der Waals surface area (Å²) < 4.78 is 0. The van der Waals surface area contributed by atoms with E-state index in [0.717, 1.165) is 0 Å². The van der Waals surface area contributed by atoms with Crippen molar-refractivity contribution in [2.45, 2.75) is 6.42 Å². The van der Waals surface area contributed by atoms with Crippen LogP contribution in [0.15, 0.2) is 24.3 Å². The van der Waals surface area contributed by atoms with Crippen LogP contribution >= 0.6 is 11.6 Å². The standard InChI is InChI=1S/C11H9ClN2O/c12-10-5-4-9(7-13)8(6-10)2-1-3-11(14)15/h1-2,4-6H,3H2,(H2,14,15). The lowest BCUT2D eigenvalue weighted by Gasteiger charge is -1.97. The van der Waals surface area contributed by atoms with Gasteiger partial charge in [0, 0.05) is 11.4 Å². The molecule has 4 heteroatoms. The lowest BCUT2D eigenvalue weighted by molar-refractivity contribution is -0.117. The van der Waals surface area contributed by atoms with E-state index in [4.69, 9.17) is 22.6 Å². The van der Waals surface area contributed by atoms with Gasteiger partial charge in [0.1, 0.15) is 0 Å². The first kappa shape index (κ1) is 11.3. The molecule has 0 atom stereocenters. The van der Waals surface area contributed by atoms with Crippen molar-refractivity contribution in [3.8, 4) is 6.07 Å². The Bertz CT molecular complexity index is 446. The molecular formula is C11H9ClN2O. The molecule has 0 aromatic heterocycles. The van der Waals surface area contributed by atoms with E-state index in [1.54, 1.807) is 30.4 Å². The van der Waals surface area contributed by atoms with Gasteiger partial charge in [0.15, 0.2) is 0 Å². The summed E-state index contributed by atoms with van der Waals surface area (Å²) in [7, 11) is 0. The molecule has 0 heterocycles. The molecular weight excluding hydrogens is 212 g/mol. The zero-order valence-electron chi connectivity index (χ0n) is 7.90. The molecule has 1 aromatic rings. The van der Waals surface area contributed by atoms with Gasteiger partial charge in [-0.25, -0.2) is 0 Å². The first-order valence-corrected chi connectivity index (χ1v) is 4.66. The summed E-state index contributed by atoms with van der Waals surface area (Å²) in [5.41, 5.74) is 6.18. The maximum Gasteiger partial charge on any atom is 0.221 e. The van der Waals surface area contributed by atoms with Crippen LogP contribution in [0, 0.1) is 11.3 Å². The molecule has 1 aromatic carbocycles. The molecule has 0 fully saturated rings. The normalized spacial score (nSPS) is 10.1. The number of nitrogens with two attached hydrogens (primary N) is 1. The van der Waals surface area contributed by atoms with Gasteiger partial charge in [0.05, 0.1) is 11.6 Å². The fraction of sp³-hybridized carbons (Fsp3) is 0.0909. The van der Waals surface area contributed by atoms with Gasteiger partial charge in [-0.3, -0.25) is 4.79 Å². The maximum absolute atomic E-state index is 10.5. The van der Waals surface area contributed by atoms with Crippen LogP contribution in [0.1, 0.15) is 17.5 Å². The second kappa shape index (κ2) is 5.18. The van der Waals surface area contributed by atoms with Crippen molar-refractivity contribution in [3.05, 3.63) is 40.4 Å². The van der Waals surface area contributed by atoms with Crippen molar-refractivity contribution >= 4 is 23.6 Å². The van der Waals surface area contributed by atoms with Crippen LogP contribution in [-0.2, 0) is 4.79 Å². The monoisotopic (exact) mass is 220 g/mol. The highest BCUT2D eigenvalue weighted by molar-refractivity contribution is 6.30. The minimum atomic E-state index is -0.410. The minimum absolute atomic E-state index is 0.150. The molecule has 0 aliphatic carbocycles. The number of carbonyl (C=O) groups is 1. The van der Waals surface area contributed by atoms with E-state index < -0.39 is 5.91 Å². The summed E-state index contributed by atoms with van der Waals surface area (Å²) in [6, 6.07) is 6.97. The van der Waals surface area contributed by atoms with E-state index in [9.17, 15) is 4.79 Å². The van der Waals surface area contributed by atoms with Crippen molar-refractivity contribution in [2.75, 3.05) is 0 Å². The van der Waals surface area contributed by atoms with Gasteiger partial charge in [0.2, 0.25) is 5.91 Å². The molecule has 0 saturated heterocycles. The Hall–Kier alpha value is -1.79. The molecule has 1 rings (SSSR count). The van der Waals surface area contributed by atoms with Crippen LogP contribution < -0.4 is 5.73 Å². The van der Waals surface area contributed by atoms with Gasteiger partial charge < -0.3 is 5.73 Å². The molecule has 0 radical (unpaired) electrons. The SMILES string of the molecule is N#Cc1ccc(Cl)cc1C=CCC(N)=O. The number of hydrogen-bond donors (Lipinski definition) is 1. The lowest BCUT2D eigenvalue weighted by atomic mass is 10.1. The molecule has 2 N–H and O–H groups in total. The van der Waals surface area contributed by atoms with Crippen molar-refractivity contribution in [2.24, 2.45) is 5.73 Å². The smallest absolute Gasteiger partial charge is 0.221 e. The van der Waals surface area contributed by atoms with Gasteiger partial charge in [-0.05, 0) is 23.8 Å². The van der Waals surface area contributed by atoms with Crippen molar-refractivity contribution < 1.29 is 4.79 Å². The average molecular weight is 221 g/mol. The van der Waals surface area contributed by atoms with Crippen molar-refractivity contribution in [3.63, 3.8) is 0 Å². The van der Waals surface area contributed by atoms with Gasteiger partial charge in [-0.2, -0.15) is 5.26 Å². The Kier molecular flexibility index (Phi) is 3.90. The van der Waals surface area contributed by atoms with Crippen LogP contribution in [0.5, 0.6) is 0 Å². The summed E-state index contributed by atoms with van der Waals surface area (Å²) in [5, 5.41) is 9.35. The maximum atomic E-state index is 10.5. The number of nitrogens with zero attached hydrogens (tertiary/aromatic N) is 1. The highest BCUT2D eigenvalue weighted by Gasteiger charge is 1.99. The van der Waals surface area contributed by atoms with Crippen LogP contribution in [0.3, 0.4) is 0 Å². The third kappa shape index (κ3) is 3.45. The predicted octanol–water partition coefficient (Wildman–Crippen LogP) is 2.10. The topological polar surface area (TPSA) is 66.9 Å². The molecule has 15 heavy (non-hydrogen) atoms. The first-order valence-electron chi connectivity index (χ1n) is 4.28. The second-order valence-electron chi connectivity index (χ2n) is 2.92. The summed E-state index contributed by atoms with van der Waals surface area (Å²) in [6.45, 7) is 0. The molecule has 0 spiro atoms. The highest BCUT2D eigenvalue weighted by Crippen LogP contribution is 2.16. The Morgan fingerprint density at radius 1 is 1.60 bits per heavy atom. The fourth-order valence-electron chi connectivity index (χ4n) is 1.08. The van der Waals surface area contributed by atoms with E-state index in [2.05, 4.69) is 0 Å². The zero-order valence-corrected chi connectivity index (χ0v) is 8.66. The quantitative estimate of drug-likeness (QED) is 0.848. The summed E-state index contributed by atoms with van der Waals surface area (Å²) in [4.78, 5) is 10.5. The first-order chi connectivity index (χ1) is 7.13. The fourth-order valence-corrected chi connectivity index (χ4v) is 1.26. The van der Waals surface area contributed by atoms with Crippen LogP contribution in [0.25, 0.3) is 6.08 Å². The van der Waals surface area contributed by atoms with Gasteiger partial charge in [-0.15, -0.1) is 0 Å². The second-order valence-corrected chi connectivity index (χ2v) is 3.35. The lowest BCUT2D eigenvalue weighted by Crippen LogP contribution is -2.07. The molecule has 0 saturated carbocycles. The zero-order chi connectivity index (χ0) is 11.3. The van der Waals surface area contributed by atoms with E-state index in [-0.39, 0.29) is 6.42 Å². The number of halogens is 1. The van der Waals surface area contributed by atoms with Gasteiger partial charge in [0.25, 0.3) is 0 Å². The molecule has 0 aliphatic heterocycles. The third-order valence-electron chi connectivity index (χ3n) is 1.75. The van der Waals surface area contributed by atoms with E-state index in [1.165, 1.54) is 0 Å². The number of primary amides is 1. The third-order valence-corrected chi connectivity index (χ3v) is 1.99. The van der Waals surface area contributed by atoms with Crippen LogP contribution in [0.4, 0.5) is 0 Å². The molecule has 76 valence electrons. The minimum Gasteiger partial charge on any atom is -0.369 e. The molecule has 1 amide bonds. The summed E-state index contributed by atoms with van der Waals surface area (Å²) >= 11 is 5.78.